The molecule has 3 rings (SSSR count). The van der Waals surface area contributed by atoms with Crippen molar-refractivity contribution in [2.75, 3.05) is 22.9 Å². The fraction of sp³-hybridized carbons (Fsp3) is 0.458. The molecule has 1 aliphatic heterocycles. The summed E-state index contributed by atoms with van der Waals surface area (Å²) >= 11 is 3.66. The van der Waals surface area contributed by atoms with Gasteiger partial charge in [-0.2, -0.15) is 0 Å². The van der Waals surface area contributed by atoms with Gasteiger partial charge in [-0.3, -0.25) is 0 Å². The van der Waals surface area contributed by atoms with E-state index in [0.717, 1.165) is 13.1 Å². The zero-order chi connectivity index (χ0) is 21.0. The molecule has 0 aromatic heterocycles. The number of hydrogen-bond acceptors (Lipinski definition) is 2. The summed E-state index contributed by atoms with van der Waals surface area (Å²) in [7, 11) is 4.20. The second-order valence-electron chi connectivity index (χ2n) is 8.25. The van der Waals surface area contributed by atoms with Gasteiger partial charge in [0.05, 0.1) is 0 Å². The van der Waals surface area contributed by atoms with Gasteiger partial charge in [0.1, 0.15) is 0 Å². The van der Waals surface area contributed by atoms with Gasteiger partial charge in [-0.1, -0.05) is 63.6 Å². The molecule has 0 N–H and O–H groups in total. The maximum atomic E-state index is 4.20. The molecule has 0 bridgehead atoms. The van der Waals surface area contributed by atoms with Crippen molar-refractivity contribution in [2.24, 2.45) is 0 Å². The summed E-state index contributed by atoms with van der Waals surface area (Å²) in [6.45, 7) is 21.4. The van der Waals surface area contributed by atoms with Crippen LogP contribution in [0.2, 0.25) is 0 Å². The number of anilines is 2. The molecule has 4 heteroatoms. The second kappa shape index (κ2) is 10.1. The van der Waals surface area contributed by atoms with Crippen molar-refractivity contribution >= 4 is 21.5 Å². The van der Waals surface area contributed by atoms with Crippen LogP contribution in [-0.2, 0) is 15.1 Å². The molecule has 1 heterocycles. The zero-order valence-electron chi connectivity index (χ0n) is 18.0. The topological polar surface area (TPSA) is 6.48 Å². The monoisotopic (exact) mass is 446 g/mol. The number of halogens is 1. The molecule has 0 aliphatic carbocycles. The van der Waals surface area contributed by atoms with Crippen molar-refractivity contribution in [3.05, 3.63) is 64.8 Å². The van der Waals surface area contributed by atoms with Gasteiger partial charge in [0, 0.05) is 24.5 Å². The Bertz CT molecular complexity index is 752. The van der Waals surface area contributed by atoms with Crippen molar-refractivity contribution in [2.45, 2.75) is 60.3 Å². The Labute approximate surface area is 184 Å². The summed E-state index contributed by atoms with van der Waals surface area (Å²) in [5, 5.41) is 0. The van der Waals surface area contributed by atoms with E-state index in [1.807, 2.05) is 0 Å². The van der Waals surface area contributed by atoms with E-state index < -0.39 is 0 Å². The number of aryl methyl sites for hydroxylation is 3. The van der Waals surface area contributed by atoms with Crippen LogP contribution in [0.4, 0.5) is 11.4 Å². The van der Waals surface area contributed by atoms with E-state index in [9.17, 15) is 0 Å². The first-order chi connectivity index (χ1) is 13.3. The van der Waals surface area contributed by atoms with Crippen LogP contribution in [0.15, 0.2) is 30.3 Å². The average Bonchev–Trinajstić information content (AvgIpc) is 3.11. The van der Waals surface area contributed by atoms with Crippen LogP contribution in [-0.4, -0.2) is 13.1 Å². The van der Waals surface area contributed by atoms with Crippen molar-refractivity contribution in [3.8, 4) is 0 Å². The number of benzene rings is 2. The summed E-state index contributed by atoms with van der Waals surface area (Å²) in [5.74, 6) is 1.00. The van der Waals surface area contributed by atoms with Crippen LogP contribution in [0.1, 0.15) is 67.3 Å². The van der Waals surface area contributed by atoms with E-state index >= 15 is 0 Å². The second-order valence-corrected chi connectivity index (χ2v) is 8.25. The molecule has 1 aliphatic rings. The quantitative estimate of drug-likeness (QED) is 0.472. The first-order valence-electron chi connectivity index (χ1n) is 9.93. The first-order valence-corrected chi connectivity index (χ1v) is 11.2. The molecule has 1 saturated heterocycles. The van der Waals surface area contributed by atoms with Crippen LogP contribution >= 0.6 is 10.1 Å². The summed E-state index contributed by atoms with van der Waals surface area (Å²) in [5.41, 5.74) is 9.50. The van der Waals surface area contributed by atoms with Crippen molar-refractivity contribution in [1.29, 1.82) is 0 Å². The summed E-state index contributed by atoms with van der Waals surface area (Å²) in [6, 6.07) is 11.3. The van der Waals surface area contributed by atoms with Gasteiger partial charge < -0.3 is 9.80 Å². The van der Waals surface area contributed by atoms with Gasteiger partial charge in [0.25, 0.3) is 0 Å². The molecule has 0 saturated carbocycles. The minimum atomic E-state index is 0.502. The van der Waals surface area contributed by atoms with E-state index in [1.165, 1.54) is 39.2 Å². The van der Waals surface area contributed by atoms with Crippen LogP contribution in [0.3, 0.4) is 0 Å². The van der Waals surface area contributed by atoms with Gasteiger partial charge >= 0.3 is 25.2 Å². The predicted octanol–water partition coefficient (Wildman–Crippen LogP) is 6.87. The van der Waals surface area contributed by atoms with Gasteiger partial charge in [0.2, 0.25) is 6.67 Å². The third-order valence-corrected chi connectivity index (χ3v) is 5.31. The molecule has 156 valence electrons. The minimum absolute atomic E-state index is 0.502. The van der Waals surface area contributed by atoms with Gasteiger partial charge in [0.15, 0.2) is 0 Å². The van der Waals surface area contributed by atoms with Crippen molar-refractivity contribution in [3.63, 3.8) is 0 Å². The molecule has 2 radical (unpaired) electrons. The number of rotatable bonds is 4. The molecular formula is C24H32ClCuN2. The Balaban J connectivity index is 0.00000136. The maximum absolute atomic E-state index is 4.20. The molecule has 28 heavy (non-hydrogen) atoms. The Morgan fingerprint density at radius 3 is 1.68 bits per heavy atom. The molecule has 2 aromatic rings. The number of para-hydroxylation sites is 1. The zero-order valence-corrected chi connectivity index (χ0v) is 19.7. The molecule has 2 aromatic carbocycles. The van der Waals surface area contributed by atoms with Crippen LogP contribution < -0.4 is 9.80 Å². The third-order valence-electron chi connectivity index (χ3n) is 5.31. The molecule has 0 atom stereocenters. The van der Waals surface area contributed by atoms with Gasteiger partial charge in [-0.25, -0.2) is 0 Å². The average molecular weight is 448 g/mol. The predicted molar refractivity (Wildman–Crippen MR) is 119 cm³/mol. The van der Waals surface area contributed by atoms with E-state index in [0.29, 0.717) is 11.8 Å². The van der Waals surface area contributed by atoms with Crippen LogP contribution in [0.25, 0.3) is 0 Å². The van der Waals surface area contributed by atoms with E-state index in [-0.39, 0.29) is 0 Å². The van der Waals surface area contributed by atoms with E-state index in [1.54, 1.807) is 0 Å². The Morgan fingerprint density at radius 1 is 0.821 bits per heavy atom. The number of nitrogens with zero attached hydrogens (tertiary/aromatic N) is 2. The Morgan fingerprint density at radius 2 is 1.25 bits per heavy atom. The normalized spacial score (nSPS) is 14.0. The Kier molecular flexibility index (Phi) is 8.30. The molecule has 0 unspecified atom stereocenters. The molecular weight excluding hydrogens is 415 g/mol. The molecule has 2 nitrogen and oxygen atoms in total. The van der Waals surface area contributed by atoms with Crippen LogP contribution in [0.5, 0.6) is 0 Å². The first kappa shape index (κ1) is 23.1. The molecule has 1 fully saturated rings. The molecule has 0 amide bonds. The molecule has 0 spiro atoms. The fourth-order valence-corrected chi connectivity index (χ4v) is 4.19. The fourth-order valence-electron chi connectivity index (χ4n) is 4.19. The van der Waals surface area contributed by atoms with Crippen LogP contribution in [0, 0.1) is 27.4 Å². The summed E-state index contributed by atoms with van der Waals surface area (Å²) < 4.78 is 0. The van der Waals surface area contributed by atoms with E-state index in [4.69, 9.17) is 0 Å². The Hall–Kier alpha value is -1.15. The standard InChI is InChI=1S/C24H32N2.ClH.Cu/c1-16(2)21-9-8-10-22(17(3)4)24(21)26-12-11-25(15-26)23-19(6)13-18(5)14-20(23)7;;/h8-10,13-14,16-17H,11-12H2,1-7H3;1H;/q;;+1/p-1. The van der Waals surface area contributed by atoms with Gasteiger partial charge in [-0.15, -0.1) is 0 Å². The number of hydrogen-bond donors (Lipinski definition) is 0. The van der Waals surface area contributed by atoms with E-state index in [2.05, 4.69) is 120 Å². The van der Waals surface area contributed by atoms with Gasteiger partial charge in [-0.05, 0) is 54.9 Å². The summed E-state index contributed by atoms with van der Waals surface area (Å²) in [4.78, 5) is 4.66. The summed E-state index contributed by atoms with van der Waals surface area (Å²) in [6.07, 6.45) is 0. The SMILES string of the molecule is Cc1cc(C)c(N2[C]N(c3c(C(C)C)cccc3C(C)C)CC2)c(C)c1.[Cl][Cu]. The third kappa shape index (κ3) is 4.87. The van der Waals surface area contributed by atoms with Crippen molar-refractivity contribution in [1.82, 2.24) is 0 Å². The van der Waals surface area contributed by atoms with Crippen molar-refractivity contribution < 1.29 is 15.1 Å².